The molecule has 0 radical (unpaired) electrons. The van der Waals surface area contributed by atoms with Gasteiger partial charge in [-0.15, -0.1) is 0 Å². The molecule has 1 nitrogen and oxygen atoms in total. The van der Waals surface area contributed by atoms with Crippen LogP contribution < -0.4 is 0 Å². The van der Waals surface area contributed by atoms with E-state index in [9.17, 15) is 0 Å². The summed E-state index contributed by atoms with van der Waals surface area (Å²) in [6, 6.07) is 103. The van der Waals surface area contributed by atoms with E-state index >= 15 is 0 Å². The van der Waals surface area contributed by atoms with Gasteiger partial charge in [-0.05, 0) is 120 Å². The standard InChI is InChI=1S/C69H49N/c1-5-18-49(19-6-1)50-33-37-52(38-34-50)64(44-48-32-42-61-60-28-13-15-30-65(60)69(66(61)45-48,57-22-7-2-8-23-57)58-24-9-3-10-25-58)53-39-35-51(36-40-53)54-20-17-21-55(46-54)56-41-43-63-62-29-14-16-31-67(62)70(68(63)47-56)59-26-11-4-12-27-59/h1-43,45-47,64H,44H2. The van der Waals surface area contributed by atoms with Gasteiger partial charge in [0.25, 0.3) is 0 Å². The lowest BCUT2D eigenvalue weighted by Gasteiger charge is -2.34. The molecule has 70 heavy (non-hydrogen) atoms. The first kappa shape index (κ1) is 41.4. The van der Waals surface area contributed by atoms with Crippen molar-refractivity contribution in [2.45, 2.75) is 17.8 Å². The minimum absolute atomic E-state index is 0.123. The second-order valence-corrected chi connectivity index (χ2v) is 18.8. The molecule has 13 rings (SSSR count). The number of hydrogen-bond donors (Lipinski definition) is 0. The van der Waals surface area contributed by atoms with E-state index in [0.29, 0.717) is 0 Å². The maximum Gasteiger partial charge on any atom is 0.0713 e. The number of nitrogens with zero attached hydrogens (tertiary/aromatic N) is 1. The Morgan fingerprint density at radius 1 is 0.314 bits per heavy atom. The molecule has 1 aromatic heterocycles. The molecule has 1 unspecified atom stereocenters. The van der Waals surface area contributed by atoms with Gasteiger partial charge in [0.05, 0.1) is 16.4 Å². The molecule has 12 aromatic rings. The van der Waals surface area contributed by atoms with Gasteiger partial charge >= 0.3 is 0 Å². The van der Waals surface area contributed by atoms with Gasteiger partial charge in [-0.1, -0.05) is 249 Å². The molecule has 1 aliphatic rings. The summed E-state index contributed by atoms with van der Waals surface area (Å²) in [6.07, 6.45) is 0.852. The van der Waals surface area contributed by atoms with Gasteiger partial charge in [-0.3, -0.25) is 0 Å². The number of hydrogen-bond acceptors (Lipinski definition) is 0. The van der Waals surface area contributed by atoms with E-state index in [0.717, 1.165) is 6.42 Å². The molecule has 0 aliphatic heterocycles. The smallest absolute Gasteiger partial charge is 0.0713 e. The van der Waals surface area contributed by atoms with E-state index in [4.69, 9.17) is 0 Å². The van der Waals surface area contributed by atoms with Crippen LogP contribution in [-0.4, -0.2) is 4.57 Å². The molecule has 0 spiro atoms. The third-order valence-electron chi connectivity index (χ3n) is 14.9. The fourth-order valence-corrected chi connectivity index (χ4v) is 11.6. The van der Waals surface area contributed by atoms with Gasteiger partial charge < -0.3 is 4.57 Å². The van der Waals surface area contributed by atoms with Crippen LogP contribution in [0.5, 0.6) is 0 Å². The third-order valence-corrected chi connectivity index (χ3v) is 14.9. The highest BCUT2D eigenvalue weighted by molar-refractivity contribution is 6.10. The molecule has 1 heterocycles. The summed E-state index contributed by atoms with van der Waals surface area (Å²) >= 11 is 0. The zero-order valence-electron chi connectivity index (χ0n) is 38.8. The maximum atomic E-state index is 2.53. The summed E-state index contributed by atoms with van der Waals surface area (Å²) in [4.78, 5) is 0. The Hall–Kier alpha value is -8.78. The highest BCUT2D eigenvalue weighted by Crippen LogP contribution is 2.56. The molecule has 0 bridgehead atoms. The van der Waals surface area contributed by atoms with Crippen molar-refractivity contribution in [3.05, 3.63) is 318 Å². The fraction of sp³-hybridized carbons (Fsp3) is 0.0435. The van der Waals surface area contributed by atoms with E-state index in [1.165, 1.54) is 111 Å². The Balaban J connectivity index is 0.885. The molecule has 0 saturated heterocycles. The van der Waals surface area contributed by atoms with E-state index in [2.05, 4.69) is 284 Å². The summed E-state index contributed by atoms with van der Waals surface area (Å²) in [5, 5.41) is 2.53. The van der Waals surface area contributed by atoms with Crippen molar-refractivity contribution in [1.82, 2.24) is 4.57 Å². The van der Waals surface area contributed by atoms with Gasteiger partial charge in [-0.25, -0.2) is 0 Å². The number of para-hydroxylation sites is 2. The summed E-state index contributed by atoms with van der Waals surface area (Å²) < 4.78 is 2.40. The predicted octanol–water partition coefficient (Wildman–Crippen LogP) is 17.5. The van der Waals surface area contributed by atoms with E-state index in [1.54, 1.807) is 0 Å². The molecular formula is C69H49N. The summed E-state index contributed by atoms with van der Waals surface area (Å²) in [5.74, 6) is 0.123. The topological polar surface area (TPSA) is 4.93 Å². The number of aromatic nitrogens is 1. The van der Waals surface area contributed by atoms with Gasteiger partial charge in [0.1, 0.15) is 0 Å². The minimum atomic E-state index is -0.445. The van der Waals surface area contributed by atoms with Crippen LogP contribution in [0.15, 0.2) is 279 Å². The van der Waals surface area contributed by atoms with Crippen LogP contribution >= 0.6 is 0 Å². The zero-order chi connectivity index (χ0) is 46.4. The lowest BCUT2D eigenvalue weighted by Crippen LogP contribution is -2.28. The van der Waals surface area contributed by atoms with Crippen molar-refractivity contribution in [2.24, 2.45) is 0 Å². The van der Waals surface area contributed by atoms with Crippen LogP contribution in [0.2, 0.25) is 0 Å². The van der Waals surface area contributed by atoms with Crippen LogP contribution in [0.3, 0.4) is 0 Å². The molecule has 1 atom stereocenters. The van der Waals surface area contributed by atoms with Crippen LogP contribution in [0.1, 0.15) is 44.9 Å². The second kappa shape index (κ2) is 17.4. The van der Waals surface area contributed by atoms with Crippen molar-refractivity contribution in [3.8, 4) is 50.2 Å². The molecule has 0 fully saturated rings. The van der Waals surface area contributed by atoms with E-state index in [-0.39, 0.29) is 5.92 Å². The molecule has 0 saturated carbocycles. The summed E-state index contributed by atoms with van der Waals surface area (Å²) in [7, 11) is 0. The first-order chi connectivity index (χ1) is 34.7. The Morgan fingerprint density at radius 3 is 1.49 bits per heavy atom. The molecule has 0 N–H and O–H groups in total. The Bertz CT molecular complexity index is 3770. The van der Waals surface area contributed by atoms with Crippen LogP contribution in [-0.2, 0) is 11.8 Å². The van der Waals surface area contributed by atoms with Crippen LogP contribution in [0.25, 0.3) is 72.0 Å². The predicted molar refractivity (Wildman–Crippen MR) is 293 cm³/mol. The normalized spacial score (nSPS) is 13.0. The van der Waals surface area contributed by atoms with Gasteiger partial charge in [-0.2, -0.15) is 0 Å². The lowest BCUT2D eigenvalue weighted by molar-refractivity contribution is 0.759. The summed E-state index contributed by atoms with van der Waals surface area (Å²) in [6.45, 7) is 0. The van der Waals surface area contributed by atoms with Crippen molar-refractivity contribution in [3.63, 3.8) is 0 Å². The number of fused-ring (bicyclic) bond motifs is 6. The number of benzene rings is 11. The van der Waals surface area contributed by atoms with Gasteiger partial charge in [0, 0.05) is 22.4 Å². The monoisotopic (exact) mass is 891 g/mol. The van der Waals surface area contributed by atoms with Crippen molar-refractivity contribution in [1.29, 1.82) is 0 Å². The quantitative estimate of drug-likeness (QED) is 0.129. The maximum absolute atomic E-state index is 2.53. The largest absolute Gasteiger partial charge is 0.309 e. The molecule has 1 heteroatoms. The van der Waals surface area contributed by atoms with Crippen molar-refractivity contribution in [2.75, 3.05) is 0 Å². The Morgan fingerprint density at radius 2 is 0.800 bits per heavy atom. The third kappa shape index (κ3) is 7.01. The molecule has 330 valence electrons. The average Bonchev–Trinajstić information content (AvgIpc) is 3.93. The first-order valence-corrected chi connectivity index (χ1v) is 24.5. The highest BCUT2D eigenvalue weighted by atomic mass is 15.0. The first-order valence-electron chi connectivity index (χ1n) is 24.5. The van der Waals surface area contributed by atoms with Crippen molar-refractivity contribution >= 4 is 21.8 Å². The average molecular weight is 892 g/mol. The van der Waals surface area contributed by atoms with Crippen molar-refractivity contribution < 1.29 is 0 Å². The zero-order valence-corrected chi connectivity index (χ0v) is 38.8. The van der Waals surface area contributed by atoms with Crippen LogP contribution in [0.4, 0.5) is 0 Å². The highest BCUT2D eigenvalue weighted by Gasteiger charge is 2.46. The SMILES string of the molecule is c1ccc(-c2ccc(C(Cc3ccc4c(c3)C(c3ccccc3)(c3ccccc3)c3ccccc3-4)c3ccc(-c4cccc(-c5ccc6c7ccccc7n(-c7ccccc7)c6c5)c4)cc3)cc2)cc1. The Kier molecular flexibility index (Phi) is 10.3. The Labute approximate surface area is 410 Å². The second-order valence-electron chi connectivity index (χ2n) is 18.8. The summed E-state index contributed by atoms with van der Waals surface area (Å²) in [5.41, 5.74) is 22.2. The molecule has 1 aliphatic carbocycles. The van der Waals surface area contributed by atoms with Crippen LogP contribution in [0, 0.1) is 0 Å². The molecule has 0 amide bonds. The fourth-order valence-electron chi connectivity index (χ4n) is 11.6. The van der Waals surface area contributed by atoms with Gasteiger partial charge in [0.15, 0.2) is 0 Å². The van der Waals surface area contributed by atoms with E-state index in [1.807, 2.05) is 0 Å². The molecule has 11 aromatic carbocycles. The number of rotatable bonds is 10. The molecular weight excluding hydrogens is 843 g/mol. The van der Waals surface area contributed by atoms with Gasteiger partial charge in [0.2, 0.25) is 0 Å². The lowest BCUT2D eigenvalue weighted by atomic mass is 9.67. The minimum Gasteiger partial charge on any atom is -0.309 e. The van der Waals surface area contributed by atoms with E-state index < -0.39 is 5.41 Å².